The molecule has 6 heteroatoms. The molecule has 1 heterocycles. The average molecular weight is 266 g/mol. The van der Waals surface area contributed by atoms with Gasteiger partial charge in [0.1, 0.15) is 0 Å². The smallest absolute Gasteiger partial charge is 0.188 e. The van der Waals surface area contributed by atoms with Gasteiger partial charge >= 0.3 is 0 Å². The summed E-state index contributed by atoms with van der Waals surface area (Å²) < 4.78 is 1.78. The van der Waals surface area contributed by atoms with Gasteiger partial charge in [-0.3, -0.25) is 0 Å². The van der Waals surface area contributed by atoms with E-state index in [1.807, 2.05) is 42.1 Å². The highest BCUT2D eigenvalue weighted by Crippen LogP contribution is 2.18. The number of para-hydroxylation sites is 1. The van der Waals surface area contributed by atoms with Crippen molar-refractivity contribution in [1.29, 1.82) is 0 Å². The minimum absolute atomic E-state index is 0.855. The highest BCUT2D eigenvalue weighted by Gasteiger charge is 2.07. The van der Waals surface area contributed by atoms with Crippen LogP contribution in [0.4, 0.5) is 0 Å². The summed E-state index contributed by atoms with van der Waals surface area (Å²) in [5, 5.41) is 12.6. The Morgan fingerprint density at radius 3 is 2.76 bits per heavy atom. The van der Waals surface area contributed by atoms with Gasteiger partial charge in [-0.1, -0.05) is 36.9 Å². The minimum Gasteiger partial charge on any atom is -0.188 e. The van der Waals surface area contributed by atoms with Gasteiger partial charge < -0.3 is 0 Å². The van der Waals surface area contributed by atoms with Crippen molar-refractivity contribution in [2.45, 2.75) is 12.1 Å². The summed E-state index contributed by atoms with van der Waals surface area (Å²) in [7, 11) is 0. The quantitative estimate of drug-likeness (QED) is 0.594. The Balaban J connectivity index is 2.02. The number of hydrogen-bond acceptors (Lipinski definition) is 5. The van der Waals surface area contributed by atoms with Gasteiger partial charge in [-0.05, 0) is 28.3 Å². The maximum absolute atomic E-state index is 4.05. The van der Waals surface area contributed by atoms with Gasteiger partial charge in [0.2, 0.25) is 5.16 Å². The van der Waals surface area contributed by atoms with Crippen molar-refractivity contribution in [3.05, 3.63) is 30.3 Å². The summed E-state index contributed by atoms with van der Waals surface area (Å²) in [6.07, 6.45) is 0. The first-order valence-electron chi connectivity index (χ1n) is 5.46. The number of rotatable bonds is 6. The Kier molecular flexibility index (Phi) is 4.88. The molecule has 2 rings (SSSR count). The first-order valence-corrected chi connectivity index (χ1v) is 7.60. The van der Waals surface area contributed by atoms with Crippen molar-refractivity contribution >= 4 is 23.5 Å². The fourth-order valence-corrected chi connectivity index (χ4v) is 2.97. The van der Waals surface area contributed by atoms with Gasteiger partial charge in [-0.25, -0.2) is 0 Å². The fourth-order valence-electron chi connectivity index (χ4n) is 1.34. The number of hydrogen-bond donors (Lipinski definition) is 0. The van der Waals surface area contributed by atoms with Gasteiger partial charge in [0.05, 0.1) is 5.69 Å². The molecule has 0 atom stereocenters. The zero-order valence-electron chi connectivity index (χ0n) is 9.61. The minimum atomic E-state index is 0.855. The number of nitrogens with zero attached hydrogens (tertiary/aromatic N) is 4. The van der Waals surface area contributed by atoms with Crippen molar-refractivity contribution in [3.8, 4) is 5.69 Å². The molecule has 1 aromatic carbocycles. The third-order valence-electron chi connectivity index (χ3n) is 2.10. The normalized spacial score (nSPS) is 10.6. The molecule has 17 heavy (non-hydrogen) atoms. The third kappa shape index (κ3) is 3.47. The SMILES string of the molecule is CCSCCSc1nnnn1-c1ccccc1. The molecule has 0 N–H and O–H groups in total. The standard InChI is InChI=1S/C11H14N4S2/c1-2-16-8-9-17-11-12-13-14-15(11)10-6-4-3-5-7-10/h3-7H,2,8-9H2,1H3. The monoisotopic (exact) mass is 266 g/mol. The molecule has 2 aromatic rings. The topological polar surface area (TPSA) is 43.6 Å². The van der Waals surface area contributed by atoms with E-state index in [-0.39, 0.29) is 0 Å². The summed E-state index contributed by atoms with van der Waals surface area (Å²) in [4.78, 5) is 0. The summed E-state index contributed by atoms with van der Waals surface area (Å²) in [5.74, 6) is 3.32. The van der Waals surface area contributed by atoms with Crippen molar-refractivity contribution in [1.82, 2.24) is 20.2 Å². The Bertz CT molecular complexity index is 444. The zero-order chi connectivity index (χ0) is 11.9. The number of thioether (sulfide) groups is 2. The molecule has 90 valence electrons. The fraction of sp³-hybridized carbons (Fsp3) is 0.364. The predicted molar refractivity (Wildman–Crippen MR) is 72.9 cm³/mol. The summed E-state index contributed by atoms with van der Waals surface area (Å²) >= 11 is 3.63. The van der Waals surface area contributed by atoms with E-state index in [0.29, 0.717) is 0 Å². The van der Waals surface area contributed by atoms with Crippen LogP contribution in [0, 0.1) is 0 Å². The largest absolute Gasteiger partial charge is 0.214 e. The number of aromatic nitrogens is 4. The Morgan fingerprint density at radius 2 is 2.00 bits per heavy atom. The highest BCUT2D eigenvalue weighted by molar-refractivity contribution is 8.02. The Labute approximate surface area is 109 Å². The van der Waals surface area contributed by atoms with Crippen molar-refractivity contribution in [3.63, 3.8) is 0 Å². The lowest BCUT2D eigenvalue weighted by Gasteiger charge is -2.03. The van der Waals surface area contributed by atoms with Gasteiger partial charge in [0.15, 0.2) is 0 Å². The molecule has 1 aromatic heterocycles. The van der Waals surface area contributed by atoms with Gasteiger partial charge in [0.25, 0.3) is 0 Å². The molecule has 0 aliphatic rings. The van der Waals surface area contributed by atoms with E-state index in [1.165, 1.54) is 0 Å². The maximum atomic E-state index is 4.05. The zero-order valence-corrected chi connectivity index (χ0v) is 11.2. The van der Waals surface area contributed by atoms with Gasteiger partial charge in [-0.15, -0.1) is 5.10 Å². The molecular weight excluding hydrogens is 252 g/mol. The van der Waals surface area contributed by atoms with E-state index in [4.69, 9.17) is 0 Å². The van der Waals surface area contributed by atoms with Crippen molar-refractivity contribution in [2.75, 3.05) is 17.3 Å². The molecule has 0 unspecified atom stereocenters. The molecular formula is C11H14N4S2. The second-order valence-electron chi connectivity index (χ2n) is 3.25. The van der Waals surface area contributed by atoms with Crippen LogP contribution < -0.4 is 0 Å². The molecule has 0 radical (unpaired) electrons. The summed E-state index contributed by atoms with van der Waals surface area (Å²) in [6, 6.07) is 9.96. The molecule has 4 nitrogen and oxygen atoms in total. The van der Waals surface area contributed by atoms with Crippen LogP contribution in [-0.4, -0.2) is 37.5 Å². The van der Waals surface area contributed by atoms with Crippen LogP contribution in [0.25, 0.3) is 5.69 Å². The van der Waals surface area contributed by atoms with Gasteiger partial charge in [0, 0.05) is 11.5 Å². The summed E-state index contributed by atoms with van der Waals surface area (Å²) in [6.45, 7) is 2.17. The van der Waals surface area contributed by atoms with Crippen LogP contribution in [-0.2, 0) is 0 Å². The van der Waals surface area contributed by atoms with Crippen LogP contribution in [0.5, 0.6) is 0 Å². The first-order chi connectivity index (χ1) is 8.42. The second kappa shape index (κ2) is 6.66. The maximum Gasteiger partial charge on any atom is 0.214 e. The van der Waals surface area contributed by atoms with Crippen molar-refractivity contribution in [2.24, 2.45) is 0 Å². The molecule has 0 fully saturated rings. The van der Waals surface area contributed by atoms with Crippen LogP contribution >= 0.6 is 23.5 Å². The van der Waals surface area contributed by atoms with Gasteiger partial charge in [-0.2, -0.15) is 16.4 Å². The molecule has 0 aliphatic carbocycles. The van der Waals surface area contributed by atoms with Crippen LogP contribution in [0.2, 0.25) is 0 Å². The molecule has 0 saturated carbocycles. The molecule has 0 aliphatic heterocycles. The van der Waals surface area contributed by atoms with E-state index in [0.717, 1.165) is 28.1 Å². The average Bonchev–Trinajstić information content (AvgIpc) is 2.84. The summed E-state index contributed by atoms with van der Waals surface area (Å²) in [5.41, 5.74) is 1.00. The van der Waals surface area contributed by atoms with Crippen LogP contribution in [0.3, 0.4) is 0 Å². The highest BCUT2D eigenvalue weighted by atomic mass is 32.2. The van der Waals surface area contributed by atoms with E-state index < -0.39 is 0 Å². The third-order valence-corrected chi connectivity index (χ3v) is 4.19. The number of benzene rings is 1. The Hall–Kier alpha value is -1.01. The van der Waals surface area contributed by atoms with E-state index >= 15 is 0 Å². The Morgan fingerprint density at radius 1 is 1.18 bits per heavy atom. The van der Waals surface area contributed by atoms with Crippen LogP contribution in [0.1, 0.15) is 6.92 Å². The predicted octanol–water partition coefficient (Wildman–Crippen LogP) is 2.51. The number of tetrazole rings is 1. The van der Waals surface area contributed by atoms with E-state index in [1.54, 1.807) is 16.4 Å². The first kappa shape index (κ1) is 12.4. The molecule has 0 amide bonds. The molecule has 0 spiro atoms. The van der Waals surface area contributed by atoms with E-state index in [9.17, 15) is 0 Å². The van der Waals surface area contributed by atoms with Crippen LogP contribution in [0.15, 0.2) is 35.5 Å². The molecule has 0 bridgehead atoms. The molecule has 0 saturated heterocycles. The van der Waals surface area contributed by atoms with Crippen molar-refractivity contribution < 1.29 is 0 Å². The van der Waals surface area contributed by atoms with E-state index in [2.05, 4.69) is 22.4 Å². The lowest BCUT2D eigenvalue weighted by molar-refractivity contribution is 0.756. The lowest BCUT2D eigenvalue weighted by Crippen LogP contribution is -1.99. The lowest BCUT2D eigenvalue weighted by atomic mass is 10.3. The second-order valence-corrected chi connectivity index (χ2v) is 5.71.